The second kappa shape index (κ2) is 18.5. The van der Waals surface area contributed by atoms with Gasteiger partial charge in [-0.1, -0.05) is 196 Å². The Balaban J connectivity index is 0.00000569. The van der Waals surface area contributed by atoms with E-state index in [0.717, 1.165) is 50.4 Å². The molecule has 0 N–H and O–H groups in total. The van der Waals surface area contributed by atoms with Crippen molar-refractivity contribution in [1.29, 1.82) is 0 Å². The molecular formula is C81H55N4OPt-3. The average Bonchev–Trinajstić information content (AvgIpc) is 1.53. The number of hydrogen-bond donors (Lipinski definition) is 0. The molecule has 0 fully saturated rings. The largest absolute Gasteiger partial charge is 0.509 e. The summed E-state index contributed by atoms with van der Waals surface area (Å²) in [6, 6.07) is 97.8. The van der Waals surface area contributed by atoms with E-state index in [1.807, 2.05) is 18.3 Å². The topological polar surface area (TPSA) is 33.5 Å². The Hall–Kier alpha value is -9.54. The van der Waals surface area contributed by atoms with Crippen molar-refractivity contribution >= 4 is 44.6 Å². The van der Waals surface area contributed by atoms with Gasteiger partial charge in [-0.05, 0) is 137 Å². The number of fused-ring (bicyclic) bond motifs is 11. The molecule has 3 atom stereocenters. The van der Waals surface area contributed by atoms with Crippen LogP contribution < -0.4 is 14.5 Å². The molecule has 3 unspecified atom stereocenters. The number of hydrogen-bond acceptors (Lipinski definition) is 4. The molecule has 0 saturated carbocycles. The van der Waals surface area contributed by atoms with Gasteiger partial charge >= 0.3 is 0 Å². The number of aromatic nitrogens is 2. The summed E-state index contributed by atoms with van der Waals surface area (Å²) < 4.78 is 9.05. The second-order valence-electron chi connectivity index (χ2n) is 25.4. The average molecular weight is 1300 g/mol. The van der Waals surface area contributed by atoms with Crippen LogP contribution in [0.15, 0.2) is 249 Å². The maximum absolute atomic E-state index is 6.84. The third-order valence-corrected chi connectivity index (χ3v) is 20.2. The fraction of sp³-hybridized carbons (Fsp3) is 0.111. The van der Waals surface area contributed by atoms with Gasteiger partial charge in [-0.2, -0.15) is 12.1 Å². The van der Waals surface area contributed by atoms with Crippen LogP contribution in [0.2, 0.25) is 0 Å². The van der Waals surface area contributed by atoms with Crippen LogP contribution in [0, 0.1) is 18.8 Å². The molecule has 2 aromatic heterocycles. The molecule has 0 radical (unpaired) electrons. The number of ether oxygens (including phenoxy) is 1. The molecule has 13 aromatic rings. The minimum absolute atomic E-state index is 0. The van der Waals surface area contributed by atoms with E-state index in [4.69, 9.17) is 9.72 Å². The quantitative estimate of drug-likeness (QED) is 0.149. The van der Waals surface area contributed by atoms with Crippen LogP contribution in [0.4, 0.5) is 22.7 Å². The zero-order valence-corrected chi connectivity index (χ0v) is 50.3. The molecule has 1 spiro atoms. The van der Waals surface area contributed by atoms with Crippen molar-refractivity contribution in [2.75, 3.05) is 9.80 Å². The maximum Gasteiger partial charge on any atom is 0.135 e. The zero-order chi connectivity index (χ0) is 56.7. The molecule has 11 aromatic carbocycles. The number of rotatable bonds is 7. The molecule has 1 aliphatic heterocycles. The van der Waals surface area contributed by atoms with Gasteiger partial charge in [-0.15, -0.1) is 48.1 Å². The van der Waals surface area contributed by atoms with E-state index in [9.17, 15) is 0 Å². The number of nitrogens with zero attached hydrogens (tertiary/aromatic N) is 4. The van der Waals surface area contributed by atoms with E-state index < -0.39 is 0 Å². The SMILES string of the molecule is CC(C)(C)c1ccnc(-n2c3[c-]c(Oc4[c-]c(N5[CH-]N(c6c(-c7ccc8c(c7)C7c9ccccc9C8c8ccccc87)cccc6-c6ccc7c(c6)C68c9ccccc9C6c6ccccc6C78)c6ccccc65)ccc4)ccc3c3ccccc32)c1.[Pt]. The molecule has 3 heterocycles. The Morgan fingerprint density at radius 1 is 0.460 bits per heavy atom. The molecule has 2 bridgehead atoms. The van der Waals surface area contributed by atoms with Crippen LogP contribution in [0.1, 0.15) is 117 Å². The van der Waals surface area contributed by atoms with Gasteiger partial charge in [-0.3, -0.25) is 0 Å². The summed E-state index contributed by atoms with van der Waals surface area (Å²) in [5.74, 6) is 3.08. The van der Waals surface area contributed by atoms with Gasteiger partial charge in [0.2, 0.25) is 0 Å². The third-order valence-electron chi connectivity index (χ3n) is 20.2. The van der Waals surface area contributed by atoms with Crippen LogP contribution in [0.5, 0.6) is 11.5 Å². The van der Waals surface area contributed by atoms with Gasteiger partial charge in [0.05, 0.1) is 0 Å². The normalized spacial score (nSPS) is 19.1. The molecule has 6 heteroatoms. The van der Waals surface area contributed by atoms with E-state index in [-0.39, 0.29) is 43.7 Å². The second-order valence-corrected chi connectivity index (χ2v) is 25.4. The molecule has 0 saturated heterocycles. The molecule has 7 aliphatic rings. The van der Waals surface area contributed by atoms with Gasteiger partial charge in [0.1, 0.15) is 5.82 Å². The van der Waals surface area contributed by atoms with Crippen molar-refractivity contribution in [3.8, 4) is 39.6 Å². The number of para-hydroxylation sites is 4. The molecular weight excluding hydrogens is 1240 g/mol. The van der Waals surface area contributed by atoms with Crippen LogP contribution in [-0.2, 0) is 31.9 Å². The van der Waals surface area contributed by atoms with Crippen molar-refractivity contribution in [2.24, 2.45) is 0 Å². The van der Waals surface area contributed by atoms with Gasteiger partial charge in [0.15, 0.2) is 0 Å². The van der Waals surface area contributed by atoms with Gasteiger partial charge in [0, 0.05) is 102 Å². The van der Waals surface area contributed by atoms with Crippen molar-refractivity contribution in [3.63, 3.8) is 0 Å². The first kappa shape index (κ1) is 50.8. The summed E-state index contributed by atoms with van der Waals surface area (Å²) >= 11 is 0. The van der Waals surface area contributed by atoms with Crippen molar-refractivity contribution in [3.05, 3.63) is 340 Å². The van der Waals surface area contributed by atoms with Crippen LogP contribution >= 0.6 is 0 Å². The Kier molecular flexibility index (Phi) is 10.8. The minimum atomic E-state index is -0.0724. The summed E-state index contributed by atoms with van der Waals surface area (Å²) in [7, 11) is 0. The number of pyridine rings is 1. The van der Waals surface area contributed by atoms with E-state index in [0.29, 0.717) is 23.3 Å². The van der Waals surface area contributed by atoms with E-state index >= 15 is 0 Å². The molecule has 6 aliphatic carbocycles. The van der Waals surface area contributed by atoms with Gasteiger partial charge in [0.25, 0.3) is 0 Å². The Labute approximate surface area is 521 Å². The van der Waals surface area contributed by atoms with Crippen molar-refractivity contribution < 1.29 is 25.8 Å². The molecule has 87 heavy (non-hydrogen) atoms. The molecule has 5 nitrogen and oxygen atoms in total. The smallest absolute Gasteiger partial charge is 0.135 e. The van der Waals surface area contributed by atoms with E-state index in [1.165, 1.54) is 94.6 Å². The summed E-state index contributed by atoms with van der Waals surface area (Å²) in [6.07, 6.45) is 1.91. The minimum Gasteiger partial charge on any atom is -0.509 e. The van der Waals surface area contributed by atoms with Crippen molar-refractivity contribution in [2.45, 2.75) is 55.3 Å². The molecule has 418 valence electrons. The third kappa shape index (κ3) is 6.92. The first-order valence-electron chi connectivity index (χ1n) is 30.2. The molecule has 20 rings (SSSR count). The summed E-state index contributed by atoms with van der Waals surface area (Å²) in [5.41, 5.74) is 29.3. The van der Waals surface area contributed by atoms with Gasteiger partial charge < -0.3 is 19.1 Å². The Morgan fingerprint density at radius 3 is 1.74 bits per heavy atom. The maximum atomic E-state index is 6.84. The summed E-state index contributed by atoms with van der Waals surface area (Å²) in [6.45, 7) is 8.99. The van der Waals surface area contributed by atoms with Crippen LogP contribution in [0.25, 0.3) is 49.9 Å². The summed E-state index contributed by atoms with van der Waals surface area (Å²) in [5, 5.41) is 2.23. The standard InChI is InChI=1S/C81H55N4O.Pt/c1-80(2,3)50-40-41-82-74(44-50)85-70-31-13-11-20-56(70)57-39-36-53(46-73(57)85)86-52-19-16-18-51(45-52)83-47-84(72-33-15-14-32-71(72)83)79-54(48-34-37-62-67(42-48)76-60-23-6-4-21-58(60)75(62)59-22-5-7-24-61(59)76)28-17-29-55(79)49-35-38-66-69(43-49)81-68-30-12-10-27-65(68)77(81)63-25-8-9-26-64(63)78(66)81;/h4-44,47,75-78H,1-3H3;/q-3;. The monoisotopic (exact) mass is 1290 g/mol. The fourth-order valence-electron chi connectivity index (χ4n) is 16.6. The van der Waals surface area contributed by atoms with Crippen molar-refractivity contribution in [1.82, 2.24) is 9.55 Å². The summed E-state index contributed by atoms with van der Waals surface area (Å²) in [4.78, 5) is 9.63. The Bertz CT molecular complexity index is 5040. The first-order chi connectivity index (χ1) is 42.3. The van der Waals surface area contributed by atoms with Crippen LogP contribution in [-0.4, -0.2) is 9.55 Å². The fourth-order valence-corrected chi connectivity index (χ4v) is 16.6. The van der Waals surface area contributed by atoms with Gasteiger partial charge in [-0.25, -0.2) is 4.98 Å². The van der Waals surface area contributed by atoms with E-state index in [2.05, 4.69) is 284 Å². The van der Waals surface area contributed by atoms with Crippen LogP contribution in [0.3, 0.4) is 0 Å². The predicted molar refractivity (Wildman–Crippen MR) is 346 cm³/mol. The number of anilines is 4. The Morgan fingerprint density at radius 2 is 1.02 bits per heavy atom. The molecule has 0 amide bonds. The predicted octanol–water partition coefficient (Wildman–Crippen LogP) is 19.5. The zero-order valence-electron chi connectivity index (χ0n) is 48.1. The number of benzene rings is 11. The first-order valence-corrected chi connectivity index (χ1v) is 30.2. The van der Waals surface area contributed by atoms with E-state index in [1.54, 1.807) is 0 Å².